The second-order valence-corrected chi connectivity index (χ2v) is 9.49. The number of benzene rings is 1. The van der Waals surface area contributed by atoms with E-state index in [1.54, 1.807) is 0 Å². The van der Waals surface area contributed by atoms with Gasteiger partial charge in [0.05, 0.1) is 17.2 Å². The summed E-state index contributed by atoms with van der Waals surface area (Å²) in [5.74, 6) is -1.82. The fraction of sp³-hybridized carbons (Fsp3) is 0.519. The van der Waals surface area contributed by atoms with Gasteiger partial charge in [-0.2, -0.15) is 0 Å². The second kappa shape index (κ2) is 14.9. The monoisotopic (exact) mass is 534 g/mol. The van der Waals surface area contributed by atoms with Crippen molar-refractivity contribution in [2.24, 2.45) is 0 Å². The Morgan fingerprint density at radius 1 is 1.24 bits per heavy atom. The lowest BCUT2D eigenvalue weighted by Gasteiger charge is -2.24. The highest BCUT2D eigenvalue weighted by molar-refractivity contribution is 6.33. The molecule has 1 aliphatic heterocycles. The van der Waals surface area contributed by atoms with E-state index in [1.807, 2.05) is 6.92 Å². The highest BCUT2D eigenvalue weighted by atomic mass is 35.5. The number of halogens is 2. The summed E-state index contributed by atoms with van der Waals surface area (Å²) in [5.41, 5.74) is 1.98. The number of fused-ring (bicyclic) bond motifs is 1. The fourth-order valence-corrected chi connectivity index (χ4v) is 4.59. The molecule has 2 heterocycles. The molecule has 0 unspecified atom stereocenters. The Kier molecular flexibility index (Phi) is 11.6. The molecule has 1 amide bonds. The molecule has 0 bridgehead atoms. The Bertz CT molecular complexity index is 1030. The van der Waals surface area contributed by atoms with Gasteiger partial charge in [0.25, 0.3) is 5.91 Å². The molecule has 8 nitrogen and oxygen atoms in total. The summed E-state index contributed by atoms with van der Waals surface area (Å²) in [5, 5.41) is 15.4. The minimum atomic E-state index is -1.18. The molecule has 0 saturated heterocycles. The number of hydrogen-bond acceptors (Lipinski definition) is 6. The Hall–Kier alpha value is -2.75. The van der Waals surface area contributed by atoms with Gasteiger partial charge in [0.1, 0.15) is 17.7 Å². The number of carboxylic acids is 1. The fourth-order valence-electron chi connectivity index (χ4n) is 4.34. The Labute approximate surface area is 222 Å². The highest BCUT2D eigenvalue weighted by Crippen LogP contribution is 2.21. The van der Waals surface area contributed by atoms with Crippen molar-refractivity contribution in [3.05, 3.63) is 58.0 Å². The van der Waals surface area contributed by atoms with Crippen molar-refractivity contribution < 1.29 is 23.8 Å². The van der Waals surface area contributed by atoms with Crippen molar-refractivity contribution in [2.75, 3.05) is 44.7 Å². The van der Waals surface area contributed by atoms with Crippen molar-refractivity contribution in [1.82, 2.24) is 15.2 Å². The Morgan fingerprint density at radius 2 is 2.08 bits per heavy atom. The van der Waals surface area contributed by atoms with Crippen LogP contribution in [-0.4, -0.2) is 72.3 Å². The minimum Gasteiger partial charge on any atom is -0.480 e. The average Bonchev–Trinajstić information content (AvgIpc) is 2.88. The number of carbonyl (C=O) groups excluding carboxylic acids is 1. The van der Waals surface area contributed by atoms with Gasteiger partial charge in [-0.1, -0.05) is 23.7 Å². The maximum atomic E-state index is 14.1. The van der Waals surface area contributed by atoms with Gasteiger partial charge >= 0.3 is 5.97 Å². The Morgan fingerprint density at radius 3 is 2.84 bits per heavy atom. The number of carboxylic acid groups (broad SMARTS) is 1. The maximum Gasteiger partial charge on any atom is 0.326 e. The van der Waals surface area contributed by atoms with E-state index in [2.05, 4.69) is 27.7 Å². The number of rotatable bonds is 15. The quantitative estimate of drug-likeness (QED) is 0.295. The Balaban J connectivity index is 1.51. The molecule has 0 radical (unpaired) electrons. The summed E-state index contributed by atoms with van der Waals surface area (Å²) in [6, 6.07) is 6.97. The number of aliphatic carboxylic acids is 1. The van der Waals surface area contributed by atoms with E-state index in [0.717, 1.165) is 62.8 Å². The van der Waals surface area contributed by atoms with E-state index in [4.69, 9.17) is 21.3 Å². The zero-order valence-electron chi connectivity index (χ0n) is 21.3. The van der Waals surface area contributed by atoms with Crippen LogP contribution in [0.3, 0.4) is 0 Å². The van der Waals surface area contributed by atoms with Crippen LogP contribution in [0.5, 0.6) is 0 Å². The van der Waals surface area contributed by atoms with E-state index in [1.165, 1.54) is 17.7 Å². The molecule has 1 aromatic heterocycles. The molecule has 0 saturated carbocycles. The minimum absolute atomic E-state index is 0.0656. The molecule has 0 aliphatic carbocycles. The second-order valence-electron chi connectivity index (χ2n) is 9.09. The maximum absolute atomic E-state index is 14.1. The number of pyridine rings is 1. The van der Waals surface area contributed by atoms with Crippen LogP contribution in [0.4, 0.5) is 10.2 Å². The number of aryl methyl sites for hydroxylation is 2. The van der Waals surface area contributed by atoms with Gasteiger partial charge in [0, 0.05) is 31.9 Å². The van der Waals surface area contributed by atoms with E-state index in [9.17, 15) is 19.1 Å². The number of amides is 1. The van der Waals surface area contributed by atoms with E-state index >= 15 is 0 Å². The van der Waals surface area contributed by atoms with Crippen LogP contribution in [0, 0.1) is 5.82 Å². The standard InChI is InChI=1S/C27H36ClFN4O4/c1-2-37-18-17-33(15-4-3-8-20-12-11-19-7-6-14-30-25(19)31-20)16-13-23(27(35)36)32-26(34)24-21(28)9-5-10-22(24)29/h5,9-12,23H,2-4,6-8,13-18H2,1H3,(H,30,31)(H,32,34)(H,35,36)/t23-/m0/s1. The van der Waals surface area contributed by atoms with Crippen molar-refractivity contribution in [2.45, 2.75) is 51.5 Å². The van der Waals surface area contributed by atoms with Gasteiger partial charge in [-0.05, 0) is 75.8 Å². The third-order valence-electron chi connectivity index (χ3n) is 6.39. The van der Waals surface area contributed by atoms with Gasteiger partial charge in [-0.25, -0.2) is 14.2 Å². The smallest absolute Gasteiger partial charge is 0.326 e. The van der Waals surface area contributed by atoms with Crippen molar-refractivity contribution in [1.29, 1.82) is 0 Å². The van der Waals surface area contributed by atoms with Crippen LogP contribution in [0.1, 0.15) is 54.2 Å². The molecule has 1 atom stereocenters. The molecule has 0 spiro atoms. The highest BCUT2D eigenvalue weighted by Gasteiger charge is 2.24. The first-order valence-corrected chi connectivity index (χ1v) is 13.3. The predicted molar refractivity (Wildman–Crippen MR) is 142 cm³/mol. The molecule has 2 aromatic rings. The number of unbranched alkanes of at least 4 members (excludes halogenated alkanes) is 1. The molecule has 1 aliphatic rings. The lowest BCUT2D eigenvalue weighted by molar-refractivity contribution is -0.139. The number of aromatic nitrogens is 1. The molecule has 202 valence electrons. The topological polar surface area (TPSA) is 104 Å². The molecule has 3 N–H and O–H groups in total. The summed E-state index contributed by atoms with van der Waals surface area (Å²) >= 11 is 5.96. The van der Waals surface area contributed by atoms with Crippen LogP contribution in [0.15, 0.2) is 30.3 Å². The summed E-state index contributed by atoms with van der Waals surface area (Å²) in [6.07, 6.45) is 5.09. The SMILES string of the molecule is CCOCCN(CCCCc1ccc2c(n1)NCCC2)CC[C@H](NC(=O)c1c(F)cccc1Cl)C(=O)O. The normalized spacial score (nSPS) is 13.6. The molecule has 3 rings (SSSR count). The molecule has 37 heavy (non-hydrogen) atoms. The number of hydrogen-bond donors (Lipinski definition) is 3. The van der Waals surface area contributed by atoms with Gasteiger partial charge in [0.2, 0.25) is 0 Å². The lowest BCUT2D eigenvalue weighted by Crippen LogP contribution is -2.44. The number of nitrogens with one attached hydrogen (secondary N) is 2. The van der Waals surface area contributed by atoms with Crippen molar-refractivity contribution >= 4 is 29.3 Å². The van der Waals surface area contributed by atoms with E-state index in [0.29, 0.717) is 26.3 Å². The van der Waals surface area contributed by atoms with Gasteiger partial charge in [0.15, 0.2) is 0 Å². The van der Waals surface area contributed by atoms with Gasteiger partial charge < -0.3 is 25.4 Å². The summed E-state index contributed by atoms with van der Waals surface area (Å²) in [4.78, 5) is 31.3. The molecular weight excluding hydrogens is 499 g/mol. The molecule has 0 fully saturated rings. The molecule has 1 aromatic carbocycles. The number of anilines is 1. The van der Waals surface area contributed by atoms with Crippen LogP contribution in [-0.2, 0) is 22.4 Å². The van der Waals surface area contributed by atoms with E-state index in [-0.39, 0.29) is 17.0 Å². The lowest BCUT2D eigenvalue weighted by atomic mass is 10.1. The summed E-state index contributed by atoms with van der Waals surface area (Å²) < 4.78 is 19.6. The van der Waals surface area contributed by atoms with E-state index < -0.39 is 23.7 Å². The van der Waals surface area contributed by atoms with Gasteiger partial charge in [-0.15, -0.1) is 0 Å². The third kappa shape index (κ3) is 8.94. The first-order valence-electron chi connectivity index (χ1n) is 12.9. The first kappa shape index (κ1) is 28.8. The number of ether oxygens (including phenoxy) is 1. The van der Waals surface area contributed by atoms with Crippen LogP contribution in [0.2, 0.25) is 5.02 Å². The molecule has 10 heteroatoms. The van der Waals surface area contributed by atoms with Crippen LogP contribution in [0.25, 0.3) is 0 Å². The van der Waals surface area contributed by atoms with Gasteiger partial charge in [-0.3, -0.25) is 4.79 Å². The number of carbonyl (C=O) groups is 2. The number of nitrogens with zero attached hydrogens (tertiary/aromatic N) is 2. The summed E-state index contributed by atoms with van der Waals surface area (Å²) in [7, 11) is 0. The van der Waals surface area contributed by atoms with Crippen LogP contribution >= 0.6 is 11.6 Å². The van der Waals surface area contributed by atoms with Crippen molar-refractivity contribution in [3.63, 3.8) is 0 Å². The zero-order valence-corrected chi connectivity index (χ0v) is 22.0. The summed E-state index contributed by atoms with van der Waals surface area (Å²) in [6.45, 7) is 5.87. The largest absolute Gasteiger partial charge is 0.480 e. The zero-order chi connectivity index (χ0) is 26.6. The predicted octanol–water partition coefficient (Wildman–Crippen LogP) is 4.17. The van der Waals surface area contributed by atoms with Crippen molar-refractivity contribution in [3.8, 4) is 0 Å². The average molecular weight is 535 g/mol. The molecular formula is C27H36ClFN4O4. The third-order valence-corrected chi connectivity index (χ3v) is 6.71. The first-order chi connectivity index (χ1) is 17.9. The van der Waals surface area contributed by atoms with Crippen LogP contribution < -0.4 is 10.6 Å².